The molecule has 3 heteroatoms. The minimum atomic E-state index is 0.530. The molecule has 6 atom stereocenters. The van der Waals surface area contributed by atoms with Crippen LogP contribution in [-0.2, 0) is 0 Å². The fraction of sp³-hybridized carbons (Fsp3) is 1.00. The summed E-state index contributed by atoms with van der Waals surface area (Å²) < 4.78 is 0. The summed E-state index contributed by atoms with van der Waals surface area (Å²) in [5, 5.41) is 8.04. The molecule has 130 valence electrons. The molecule has 5 fully saturated rings. The van der Waals surface area contributed by atoms with E-state index in [4.69, 9.17) is 0 Å². The first-order valence-corrected chi connectivity index (χ1v) is 10.6. The normalized spacial score (nSPS) is 50.9. The molecule has 5 rings (SSSR count). The number of hydrogen-bond donors (Lipinski definition) is 2. The second kappa shape index (κ2) is 6.00. The molecule has 0 aromatic carbocycles. The molecule has 0 aromatic heterocycles. The van der Waals surface area contributed by atoms with Crippen molar-refractivity contribution in [1.82, 2.24) is 15.5 Å². The van der Waals surface area contributed by atoms with E-state index in [-0.39, 0.29) is 0 Å². The zero-order valence-corrected chi connectivity index (χ0v) is 14.7. The van der Waals surface area contributed by atoms with Crippen molar-refractivity contribution < 1.29 is 0 Å². The van der Waals surface area contributed by atoms with Gasteiger partial charge in [0.25, 0.3) is 0 Å². The molecule has 4 heterocycles. The zero-order valence-electron chi connectivity index (χ0n) is 14.7. The third-order valence-electron chi connectivity index (χ3n) is 8.16. The van der Waals surface area contributed by atoms with Crippen molar-refractivity contribution in [2.75, 3.05) is 26.2 Å². The lowest BCUT2D eigenvalue weighted by atomic mass is 9.52. The molecule has 5 aliphatic rings. The molecule has 1 aliphatic carbocycles. The molecule has 2 N–H and O–H groups in total. The Hall–Kier alpha value is -0.120. The van der Waals surface area contributed by atoms with Crippen LogP contribution in [0.2, 0.25) is 0 Å². The zero-order chi connectivity index (χ0) is 15.3. The fourth-order valence-electron chi connectivity index (χ4n) is 7.36. The highest BCUT2D eigenvalue weighted by atomic mass is 15.2. The van der Waals surface area contributed by atoms with E-state index in [0.717, 1.165) is 30.0 Å². The van der Waals surface area contributed by atoms with Crippen LogP contribution in [0.4, 0.5) is 0 Å². The predicted molar refractivity (Wildman–Crippen MR) is 94.5 cm³/mol. The van der Waals surface area contributed by atoms with E-state index in [1.807, 2.05) is 0 Å². The molecule has 0 radical (unpaired) electrons. The highest BCUT2D eigenvalue weighted by Crippen LogP contribution is 2.55. The summed E-state index contributed by atoms with van der Waals surface area (Å²) in [7, 11) is 0. The Morgan fingerprint density at radius 3 is 2.65 bits per heavy atom. The minimum absolute atomic E-state index is 0.530. The van der Waals surface area contributed by atoms with Gasteiger partial charge in [-0.1, -0.05) is 12.8 Å². The summed E-state index contributed by atoms with van der Waals surface area (Å²) in [5.74, 6) is 1.96. The van der Waals surface area contributed by atoms with E-state index in [1.165, 1.54) is 90.4 Å². The van der Waals surface area contributed by atoms with E-state index < -0.39 is 0 Å². The minimum Gasteiger partial charge on any atom is -0.313 e. The van der Waals surface area contributed by atoms with Crippen LogP contribution in [0.25, 0.3) is 0 Å². The molecule has 0 aromatic rings. The van der Waals surface area contributed by atoms with Crippen LogP contribution < -0.4 is 10.6 Å². The first-order chi connectivity index (χ1) is 11.4. The lowest BCUT2D eigenvalue weighted by molar-refractivity contribution is -0.117. The molecule has 0 spiro atoms. The van der Waals surface area contributed by atoms with Gasteiger partial charge in [-0.3, -0.25) is 4.90 Å². The van der Waals surface area contributed by atoms with Gasteiger partial charge in [0.2, 0.25) is 0 Å². The van der Waals surface area contributed by atoms with E-state index >= 15 is 0 Å². The Morgan fingerprint density at radius 2 is 1.74 bits per heavy atom. The van der Waals surface area contributed by atoms with E-state index in [0.29, 0.717) is 5.41 Å². The Morgan fingerprint density at radius 1 is 0.826 bits per heavy atom. The van der Waals surface area contributed by atoms with Crippen LogP contribution in [0.1, 0.15) is 64.2 Å². The number of piperidine rings is 4. The average molecular weight is 318 g/mol. The maximum Gasteiger partial charge on any atom is 0.0179 e. The summed E-state index contributed by atoms with van der Waals surface area (Å²) in [5.41, 5.74) is 0.530. The average Bonchev–Trinajstić information content (AvgIpc) is 2.63. The monoisotopic (exact) mass is 317 g/mol. The fourth-order valence-corrected chi connectivity index (χ4v) is 7.36. The van der Waals surface area contributed by atoms with Gasteiger partial charge >= 0.3 is 0 Å². The molecule has 4 saturated heterocycles. The molecular weight excluding hydrogens is 282 g/mol. The summed E-state index contributed by atoms with van der Waals surface area (Å²) in [4.78, 5) is 2.94. The van der Waals surface area contributed by atoms with Gasteiger partial charge in [-0.15, -0.1) is 0 Å². The molecule has 1 saturated carbocycles. The van der Waals surface area contributed by atoms with Crippen LogP contribution in [-0.4, -0.2) is 49.2 Å². The van der Waals surface area contributed by atoms with E-state index in [1.54, 1.807) is 0 Å². The molecule has 2 unspecified atom stereocenters. The molecular formula is C20H35N3. The second-order valence-corrected chi connectivity index (χ2v) is 9.30. The maximum atomic E-state index is 4.04. The molecule has 4 aliphatic heterocycles. The Labute approximate surface area is 142 Å². The Bertz CT molecular complexity index is 431. The first-order valence-electron chi connectivity index (χ1n) is 10.6. The summed E-state index contributed by atoms with van der Waals surface area (Å²) in [6.45, 7) is 5.30. The van der Waals surface area contributed by atoms with Gasteiger partial charge in [-0.05, 0) is 82.8 Å². The number of nitrogens with one attached hydrogen (secondary N) is 2. The number of rotatable bonds is 1. The van der Waals surface area contributed by atoms with Gasteiger partial charge in [0.1, 0.15) is 0 Å². The van der Waals surface area contributed by atoms with Gasteiger partial charge in [0, 0.05) is 30.1 Å². The smallest absolute Gasteiger partial charge is 0.0179 e. The van der Waals surface area contributed by atoms with Gasteiger partial charge < -0.3 is 10.6 Å². The molecule has 2 bridgehead atoms. The molecule has 0 amide bonds. The standard InChI is InChI=1S/C20H35N3/c1-3-9-21-18(8-1)20-13-16(12-15-6-5-10-22-19(15)20)17-7-2-4-11-23(17)14-20/h15-19,21-22H,1-14H2/t15-,16?,17-,18+,19+,20?/m1/s1. The lowest BCUT2D eigenvalue weighted by Crippen LogP contribution is -2.72. The predicted octanol–water partition coefficient (Wildman–Crippen LogP) is 2.76. The summed E-state index contributed by atoms with van der Waals surface area (Å²) in [6, 6.07) is 2.51. The Kier molecular flexibility index (Phi) is 3.95. The highest BCUT2D eigenvalue weighted by Gasteiger charge is 2.58. The first kappa shape index (κ1) is 15.2. The number of fused-ring (bicyclic) bond motifs is 6. The van der Waals surface area contributed by atoms with Gasteiger partial charge in [0.15, 0.2) is 0 Å². The van der Waals surface area contributed by atoms with Crippen LogP contribution in [0.15, 0.2) is 0 Å². The van der Waals surface area contributed by atoms with Crippen molar-refractivity contribution in [3.05, 3.63) is 0 Å². The van der Waals surface area contributed by atoms with Crippen LogP contribution in [0, 0.1) is 17.3 Å². The second-order valence-electron chi connectivity index (χ2n) is 9.30. The summed E-state index contributed by atoms with van der Waals surface area (Å²) in [6.07, 6.45) is 14.6. The number of hydrogen-bond acceptors (Lipinski definition) is 3. The topological polar surface area (TPSA) is 27.3 Å². The van der Waals surface area contributed by atoms with Crippen molar-refractivity contribution in [1.29, 1.82) is 0 Å². The summed E-state index contributed by atoms with van der Waals surface area (Å²) >= 11 is 0. The third kappa shape index (κ3) is 2.41. The quantitative estimate of drug-likeness (QED) is 0.779. The van der Waals surface area contributed by atoms with Gasteiger partial charge in [-0.25, -0.2) is 0 Å². The van der Waals surface area contributed by atoms with Crippen molar-refractivity contribution >= 4 is 0 Å². The van der Waals surface area contributed by atoms with Gasteiger partial charge in [0.05, 0.1) is 0 Å². The van der Waals surface area contributed by atoms with Crippen molar-refractivity contribution in [3.8, 4) is 0 Å². The number of nitrogens with zero attached hydrogens (tertiary/aromatic N) is 1. The van der Waals surface area contributed by atoms with Crippen LogP contribution in [0.5, 0.6) is 0 Å². The maximum absolute atomic E-state index is 4.04. The highest BCUT2D eigenvalue weighted by molar-refractivity contribution is 5.14. The lowest BCUT2D eigenvalue weighted by Gasteiger charge is -2.64. The van der Waals surface area contributed by atoms with E-state index in [2.05, 4.69) is 15.5 Å². The van der Waals surface area contributed by atoms with Crippen molar-refractivity contribution in [2.45, 2.75) is 82.3 Å². The van der Waals surface area contributed by atoms with Crippen molar-refractivity contribution in [2.24, 2.45) is 17.3 Å². The third-order valence-corrected chi connectivity index (χ3v) is 8.16. The SMILES string of the molecule is C1CC[C@@H](C23CC(C[C@H]4CCCN[C@@H]42)[C@H]2CCCCN2C3)NC1. The molecule has 23 heavy (non-hydrogen) atoms. The van der Waals surface area contributed by atoms with Gasteiger partial charge in [-0.2, -0.15) is 0 Å². The largest absolute Gasteiger partial charge is 0.313 e. The molecule has 3 nitrogen and oxygen atoms in total. The van der Waals surface area contributed by atoms with Crippen LogP contribution >= 0.6 is 0 Å². The van der Waals surface area contributed by atoms with E-state index in [9.17, 15) is 0 Å². The van der Waals surface area contributed by atoms with Crippen molar-refractivity contribution in [3.63, 3.8) is 0 Å². The Balaban J connectivity index is 1.50. The van der Waals surface area contributed by atoms with Crippen LogP contribution in [0.3, 0.4) is 0 Å².